The number of hydrogen-bond donors (Lipinski definition) is 2. The standard InChI is InChI=1S/C45H64O3/c1-8-35-21-23-38(24-22-35)39-25-26-44(37(9-2)27-39)42-28-40(17-11-10-15-34(7)32(3)4)43(19-14-16-36(30-46)31-47)41(29-42)18-12-13-20-45(48)33(5)6/h21,23,25-29,35-36,38,46-47H,3,5,7-20,22,24,30-31H2,1-2,4,6H3. The fourth-order valence-electron chi connectivity index (χ4n) is 7.12. The SMILES string of the molecule is C=C(C)C(=C)CCCCc1cc(-c2ccc(C3C=CC(CC)CC3)cc2CC)cc(CCCCC(=O)C(=C)C)c1CCCC(CO)CO. The first-order chi connectivity index (χ1) is 23.1. The zero-order chi connectivity index (χ0) is 35.1. The molecular weight excluding hydrogens is 588 g/mol. The molecule has 2 atom stereocenters. The maximum absolute atomic E-state index is 12.3. The van der Waals surface area contributed by atoms with Gasteiger partial charge in [-0.05, 0) is 154 Å². The lowest BCUT2D eigenvalue weighted by Crippen LogP contribution is -2.12. The normalized spacial score (nSPS) is 16.0. The number of aliphatic hydroxyl groups is 2. The molecule has 0 aliphatic heterocycles. The predicted octanol–water partition coefficient (Wildman–Crippen LogP) is 11.0. The van der Waals surface area contributed by atoms with Crippen LogP contribution in [0.2, 0.25) is 0 Å². The van der Waals surface area contributed by atoms with Crippen LogP contribution in [0.15, 0.2) is 78.9 Å². The number of Topliss-reactive ketones (excluding diaryl/α,β-unsaturated/α-hetero) is 1. The highest BCUT2D eigenvalue weighted by molar-refractivity contribution is 5.94. The van der Waals surface area contributed by atoms with Gasteiger partial charge in [0.2, 0.25) is 0 Å². The summed E-state index contributed by atoms with van der Waals surface area (Å²) in [5.74, 6) is 1.30. The van der Waals surface area contributed by atoms with Crippen molar-refractivity contribution in [2.24, 2.45) is 11.8 Å². The summed E-state index contributed by atoms with van der Waals surface area (Å²) in [6.45, 7) is 20.6. The van der Waals surface area contributed by atoms with Crippen molar-refractivity contribution < 1.29 is 15.0 Å². The van der Waals surface area contributed by atoms with E-state index in [-0.39, 0.29) is 24.9 Å². The molecule has 1 aliphatic carbocycles. The van der Waals surface area contributed by atoms with Gasteiger partial charge in [0.05, 0.1) is 0 Å². The molecule has 0 saturated carbocycles. The molecule has 0 aromatic heterocycles. The van der Waals surface area contributed by atoms with Crippen LogP contribution < -0.4 is 0 Å². The number of aliphatic hydroxyl groups excluding tert-OH is 2. The van der Waals surface area contributed by atoms with Crippen molar-refractivity contribution in [3.63, 3.8) is 0 Å². The Kier molecular flexibility index (Phi) is 16.8. The van der Waals surface area contributed by atoms with Gasteiger partial charge in [-0.3, -0.25) is 4.79 Å². The highest BCUT2D eigenvalue weighted by atomic mass is 16.3. The maximum Gasteiger partial charge on any atom is 0.157 e. The zero-order valence-electron chi connectivity index (χ0n) is 30.7. The third kappa shape index (κ3) is 11.8. The second-order valence-electron chi connectivity index (χ2n) is 14.4. The first-order valence-corrected chi connectivity index (χ1v) is 18.8. The predicted molar refractivity (Wildman–Crippen MR) is 206 cm³/mol. The Morgan fingerprint density at radius 1 is 0.792 bits per heavy atom. The van der Waals surface area contributed by atoms with Crippen molar-refractivity contribution in [2.75, 3.05) is 13.2 Å². The second-order valence-corrected chi connectivity index (χ2v) is 14.4. The lowest BCUT2D eigenvalue weighted by Gasteiger charge is -2.24. The van der Waals surface area contributed by atoms with Crippen molar-refractivity contribution in [2.45, 2.75) is 130 Å². The van der Waals surface area contributed by atoms with Gasteiger partial charge in [0, 0.05) is 31.5 Å². The first-order valence-electron chi connectivity index (χ1n) is 18.8. The minimum Gasteiger partial charge on any atom is -0.396 e. The monoisotopic (exact) mass is 652 g/mol. The number of carbonyl (C=O) groups is 1. The molecule has 1 aliphatic rings. The van der Waals surface area contributed by atoms with E-state index in [1.165, 1.54) is 58.2 Å². The van der Waals surface area contributed by atoms with Gasteiger partial charge in [0.15, 0.2) is 5.78 Å². The maximum atomic E-state index is 12.3. The smallest absolute Gasteiger partial charge is 0.157 e. The highest BCUT2D eigenvalue weighted by Gasteiger charge is 2.19. The molecule has 2 N–H and O–H groups in total. The lowest BCUT2D eigenvalue weighted by atomic mass is 9.81. The molecule has 0 spiro atoms. The Balaban J connectivity index is 2.00. The number of carbonyl (C=O) groups excluding carboxylic acids is 1. The van der Waals surface area contributed by atoms with E-state index in [4.69, 9.17) is 0 Å². The number of unbranched alkanes of at least 4 members (excludes halogenated alkanes) is 2. The van der Waals surface area contributed by atoms with E-state index in [1.54, 1.807) is 6.92 Å². The number of rotatable bonds is 22. The Labute approximate surface area is 293 Å². The van der Waals surface area contributed by atoms with Gasteiger partial charge >= 0.3 is 0 Å². The number of aryl methyl sites for hydroxylation is 3. The van der Waals surface area contributed by atoms with Crippen LogP contribution in [-0.4, -0.2) is 29.2 Å². The second kappa shape index (κ2) is 20.5. The summed E-state index contributed by atoms with van der Waals surface area (Å²) in [5.41, 5.74) is 12.5. The summed E-state index contributed by atoms with van der Waals surface area (Å²) in [5, 5.41) is 19.4. The summed E-state index contributed by atoms with van der Waals surface area (Å²) >= 11 is 0. The summed E-state index contributed by atoms with van der Waals surface area (Å²) in [7, 11) is 0. The molecule has 2 aromatic rings. The molecule has 0 amide bonds. The molecule has 0 heterocycles. The van der Waals surface area contributed by atoms with Crippen LogP contribution in [0.4, 0.5) is 0 Å². The molecule has 48 heavy (non-hydrogen) atoms. The van der Waals surface area contributed by atoms with Crippen LogP contribution in [-0.2, 0) is 30.5 Å². The van der Waals surface area contributed by atoms with Crippen LogP contribution in [0.5, 0.6) is 0 Å². The van der Waals surface area contributed by atoms with Gasteiger partial charge in [-0.2, -0.15) is 0 Å². The van der Waals surface area contributed by atoms with E-state index in [9.17, 15) is 15.0 Å². The molecule has 3 nitrogen and oxygen atoms in total. The van der Waals surface area contributed by atoms with Crippen molar-refractivity contribution in [3.05, 3.63) is 107 Å². The van der Waals surface area contributed by atoms with Crippen molar-refractivity contribution >= 4 is 5.78 Å². The van der Waals surface area contributed by atoms with E-state index in [0.717, 1.165) is 87.7 Å². The van der Waals surface area contributed by atoms with Crippen molar-refractivity contribution in [3.8, 4) is 11.1 Å². The number of ketones is 1. The largest absolute Gasteiger partial charge is 0.396 e. The number of hydrogen-bond acceptors (Lipinski definition) is 3. The van der Waals surface area contributed by atoms with Crippen molar-refractivity contribution in [1.29, 1.82) is 0 Å². The molecule has 0 radical (unpaired) electrons. The average molecular weight is 653 g/mol. The molecule has 262 valence electrons. The molecule has 0 fully saturated rings. The summed E-state index contributed by atoms with van der Waals surface area (Å²) < 4.78 is 0. The third-order valence-electron chi connectivity index (χ3n) is 10.6. The highest BCUT2D eigenvalue weighted by Crippen LogP contribution is 2.36. The van der Waals surface area contributed by atoms with Gasteiger partial charge in [0.25, 0.3) is 0 Å². The first kappa shape index (κ1) is 39.4. The van der Waals surface area contributed by atoms with E-state index < -0.39 is 0 Å². The van der Waals surface area contributed by atoms with Crippen LogP contribution in [0.1, 0.15) is 132 Å². The minimum absolute atomic E-state index is 0.0180. The number of allylic oxidation sites excluding steroid dienone is 5. The number of benzene rings is 2. The quantitative estimate of drug-likeness (QED) is 0.0576. The van der Waals surface area contributed by atoms with Gasteiger partial charge < -0.3 is 10.2 Å². The van der Waals surface area contributed by atoms with Crippen LogP contribution in [0.3, 0.4) is 0 Å². The van der Waals surface area contributed by atoms with E-state index in [0.29, 0.717) is 17.9 Å². The van der Waals surface area contributed by atoms with Gasteiger partial charge in [-0.1, -0.05) is 87.2 Å². The summed E-state index contributed by atoms with van der Waals surface area (Å²) in [6.07, 6.45) is 19.6. The Morgan fingerprint density at radius 2 is 1.46 bits per heavy atom. The fourth-order valence-corrected chi connectivity index (χ4v) is 7.12. The average Bonchev–Trinajstić information content (AvgIpc) is 3.10. The van der Waals surface area contributed by atoms with Crippen LogP contribution in [0.25, 0.3) is 11.1 Å². The lowest BCUT2D eigenvalue weighted by molar-refractivity contribution is -0.115. The van der Waals surface area contributed by atoms with Crippen molar-refractivity contribution in [1.82, 2.24) is 0 Å². The third-order valence-corrected chi connectivity index (χ3v) is 10.6. The fraction of sp³-hybridized carbons (Fsp3) is 0.533. The van der Waals surface area contributed by atoms with E-state index in [1.807, 2.05) is 6.92 Å². The molecule has 3 heteroatoms. The Bertz CT molecular complexity index is 1350. The topological polar surface area (TPSA) is 57.5 Å². The molecule has 3 rings (SSSR count). The zero-order valence-corrected chi connectivity index (χ0v) is 30.7. The molecule has 0 saturated heterocycles. The Hall–Kier alpha value is -3.01. The van der Waals surface area contributed by atoms with Crippen LogP contribution >= 0.6 is 0 Å². The summed E-state index contributed by atoms with van der Waals surface area (Å²) in [4.78, 5) is 12.3. The molecule has 0 bridgehead atoms. The van der Waals surface area contributed by atoms with E-state index >= 15 is 0 Å². The van der Waals surface area contributed by atoms with Gasteiger partial charge in [-0.25, -0.2) is 0 Å². The summed E-state index contributed by atoms with van der Waals surface area (Å²) in [6, 6.07) is 12.1. The van der Waals surface area contributed by atoms with Crippen LogP contribution in [0, 0.1) is 11.8 Å². The molecular formula is C45H64O3. The van der Waals surface area contributed by atoms with E-state index in [2.05, 4.69) is 76.1 Å². The minimum atomic E-state index is -0.0741. The van der Waals surface area contributed by atoms with Gasteiger partial charge in [0.1, 0.15) is 0 Å². The Morgan fingerprint density at radius 3 is 2.00 bits per heavy atom. The molecule has 2 aromatic carbocycles. The van der Waals surface area contributed by atoms with Gasteiger partial charge in [-0.15, -0.1) is 0 Å². The molecule has 2 unspecified atom stereocenters.